The average molecular weight is 405 g/mol. The molecule has 30 heavy (non-hydrogen) atoms. The van der Waals surface area contributed by atoms with Gasteiger partial charge in [0.05, 0.1) is 6.54 Å². The monoisotopic (exact) mass is 405 g/mol. The summed E-state index contributed by atoms with van der Waals surface area (Å²) in [5.41, 5.74) is 4.70. The number of fused-ring (bicyclic) bond motifs is 3. The third-order valence-electron chi connectivity index (χ3n) is 5.70. The highest BCUT2D eigenvalue weighted by Crippen LogP contribution is 2.32. The molecule has 0 spiro atoms. The smallest absolute Gasteiger partial charge is 0.234 e. The Morgan fingerprint density at radius 2 is 2.03 bits per heavy atom. The molecule has 2 aliphatic rings. The van der Waals surface area contributed by atoms with Crippen LogP contribution in [0.3, 0.4) is 0 Å². The number of H-pyrrole nitrogens is 1. The number of hydrogen-bond acceptors (Lipinski definition) is 5. The first kappa shape index (κ1) is 18.7. The maximum Gasteiger partial charge on any atom is 0.234 e. The lowest BCUT2D eigenvalue weighted by molar-refractivity contribution is -0.122. The lowest BCUT2D eigenvalue weighted by Gasteiger charge is -2.28. The van der Waals surface area contributed by atoms with Crippen LogP contribution in [0.2, 0.25) is 0 Å². The van der Waals surface area contributed by atoms with Gasteiger partial charge in [-0.25, -0.2) is 0 Å². The van der Waals surface area contributed by atoms with Crippen molar-refractivity contribution in [2.75, 3.05) is 19.9 Å². The Labute approximate surface area is 173 Å². The number of carbonyl (C=O) groups is 1. The molecule has 5 rings (SSSR count). The summed E-state index contributed by atoms with van der Waals surface area (Å²) < 4.78 is 10.7. The van der Waals surface area contributed by atoms with E-state index in [2.05, 4.69) is 10.3 Å². The number of nitrogens with one attached hydrogen (secondary N) is 2. The second kappa shape index (κ2) is 7.50. The molecule has 0 aliphatic carbocycles. The molecule has 1 aromatic heterocycles. The fourth-order valence-corrected chi connectivity index (χ4v) is 4.09. The quantitative estimate of drug-likeness (QED) is 0.696. The summed E-state index contributed by atoms with van der Waals surface area (Å²) in [6.45, 7) is 4.11. The highest BCUT2D eigenvalue weighted by Gasteiger charge is 2.22. The number of ether oxygens (including phenoxy) is 2. The van der Waals surface area contributed by atoms with Gasteiger partial charge in [0.25, 0.3) is 0 Å². The second-order valence-electron chi connectivity index (χ2n) is 7.89. The Kier molecular flexibility index (Phi) is 4.67. The Morgan fingerprint density at radius 1 is 1.17 bits per heavy atom. The molecule has 3 heterocycles. The van der Waals surface area contributed by atoms with E-state index in [1.165, 1.54) is 0 Å². The van der Waals surface area contributed by atoms with E-state index in [1.807, 2.05) is 48.2 Å². The number of pyridine rings is 1. The molecule has 2 N–H and O–H groups in total. The molecule has 0 saturated carbocycles. The molecule has 0 atom stereocenters. The van der Waals surface area contributed by atoms with E-state index in [9.17, 15) is 9.59 Å². The van der Waals surface area contributed by atoms with Gasteiger partial charge in [-0.1, -0.05) is 17.7 Å². The standard InChI is InChI=1S/C23H23N3O4/c1-14-2-4-18-16(8-14)23(28)17-11-26(7-6-19(17)25-18)12-22(27)24-10-15-3-5-20-21(9-15)30-13-29-20/h2-5,8-9H,6-7,10-13H2,1H3,(H,24,27)(H,25,28). The topological polar surface area (TPSA) is 83.7 Å². The van der Waals surface area contributed by atoms with Crippen molar-refractivity contribution >= 4 is 16.8 Å². The first-order valence-electron chi connectivity index (χ1n) is 10.1. The van der Waals surface area contributed by atoms with Crippen LogP contribution in [0.25, 0.3) is 10.9 Å². The maximum absolute atomic E-state index is 13.0. The molecule has 1 amide bonds. The molecule has 3 aromatic rings. The molecule has 0 bridgehead atoms. The van der Waals surface area contributed by atoms with E-state index in [0.717, 1.165) is 46.6 Å². The van der Waals surface area contributed by atoms with E-state index in [-0.39, 0.29) is 24.7 Å². The van der Waals surface area contributed by atoms with Crippen LogP contribution in [0, 0.1) is 6.92 Å². The second-order valence-corrected chi connectivity index (χ2v) is 7.89. The third-order valence-corrected chi connectivity index (χ3v) is 5.70. The molecule has 154 valence electrons. The number of hydrogen-bond donors (Lipinski definition) is 2. The molecule has 0 saturated heterocycles. The molecule has 2 aromatic carbocycles. The SMILES string of the molecule is Cc1ccc2[nH]c3c(c(=O)c2c1)CN(CC(=O)NCc1ccc2c(c1)OCO2)CC3. The Morgan fingerprint density at radius 3 is 2.93 bits per heavy atom. The van der Waals surface area contributed by atoms with Crippen molar-refractivity contribution in [1.29, 1.82) is 0 Å². The van der Waals surface area contributed by atoms with Gasteiger partial charge < -0.3 is 19.8 Å². The summed E-state index contributed by atoms with van der Waals surface area (Å²) in [6.07, 6.45) is 0.726. The third kappa shape index (κ3) is 3.52. The number of rotatable bonds is 4. The summed E-state index contributed by atoms with van der Waals surface area (Å²) in [5, 5.41) is 3.66. The highest BCUT2D eigenvalue weighted by molar-refractivity contribution is 5.80. The minimum Gasteiger partial charge on any atom is -0.454 e. The zero-order chi connectivity index (χ0) is 20.7. The van der Waals surface area contributed by atoms with Crippen LogP contribution in [0.1, 0.15) is 22.4 Å². The van der Waals surface area contributed by atoms with E-state index in [0.29, 0.717) is 24.2 Å². The fraction of sp³-hybridized carbons (Fsp3) is 0.304. The van der Waals surface area contributed by atoms with Gasteiger partial charge in [-0.2, -0.15) is 0 Å². The van der Waals surface area contributed by atoms with Crippen LogP contribution in [0.15, 0.2) is 41.2 Å². The van der Waals surface area contributed by atoms with E-state index < -0.39 is 0 Å². The number of amides is 1. The van der Waals surface area contributed by atoms with Crippen molar-refractivity contribution in [3.63, 3.8) is 0 Å². The number of aromatic amines is 1. The summed E-state index contributed by atoms with van der Waals surface area (Å²) in [7, 11) is 0. The van der Waals surface area contributed by atoms with Crippen LogP contribution in [-0.2, 0) is 24.3 Å². The van der Waals surface area contributed by atoms with Crippen LogP contribution in [0.4, 0.5) is 0 Å². The molecule has 0 fully saturated rings. The van der Waals surface area contributed by atoms with E-state index in [1.54, 1.807) is 0 Å². The highest BCUT2D eigenvalue weighted by atomic mass is 16.7. The van der Waals surface area contributed by atoms with Crippen LogP contribution in [-0.4, -0.2) is 35.7 Å². The Hall–Kier alpha value is -3.32. The van der Waals surface area contributed by atoms with Gasteiger partial charge in [-0.3, -0.25) is 14.5 Å². The number of aromatic nitrogens is 1. The van der Waals surface area contributed by atoms with Gasteiger partial charge in [-0.15, -0.1) is 0 Å². The molecule has 0 unspecified atom stereocenters. The lowest BCUT2D eigenvalue weighted by Crippen LogP contribution is -2.41. The first-order chi connectivity index (χ1) is 14.6. The van der Waals surface area contributed by atoms with Crippen LogP contribution in [0.5, 0.6) is 11.5 Å². The van der Waals surface area contributed by atoms with Crippen molar-refractivity contribution in [2.45, 2.75) is 26.4 Å². The van der Waals surface area contributed by atoms with Gasteiger partial charge in [0.1, 0.15) is 0 Å². The molecule has 0 radical (unpaired) electrons. The van der Waals surface area contributed by atoms with Crippen molar-refractivity contribution in [1.82, 2.24) is 15.2 Å². The minimum atomic E-state index is -0.0656. The van der Waals surface area contributed by atoms with Gasteiger partial charge >= 0.3 is 0 Å². The van der Waals surface area contributed by atoms with Crippen LogP contribution < -0.4 is 20.2 Å². The Balaban J connectivity index is 1.25. The molecule has 7 nitrogen and oxygen atoms in total. The number of carbonyl (C=O) groups excluding carboxylic acids is 1. The summed E-state index contributed by atoms with van der Waals surface area (Å²) in [4.78, 5) is 30.9. The predicted molar refractivity (Wildman–Crippen MR) is 113 cm³/mol. The average Bonchev–Trinajstić information content (AvgIpc) is 3.21. The van der Waals surface area contributed by atoms with Gasteiger partial charge in [-0.05, 0) is 36.8 Å². The van der Waals surface area contributed by atoms with E-state index in [4.69, 9.17) is 9.47 Å². The van der Waals surface area contributed by atoms with Crippen molar-refractivity contribution in [2.24, 2.45) is 0 Å². The largest absolute Gasteiger partial charge is 0.454 e. The molecule has 7 heteroatoms. The van der Waals surface area contributed by atoms with Crippen LogP contribution >= 0.6 is 0 Å². The van der Waals surface area contributed by atoms with Gasteiger partial charge in [0, 0.05) is 48.2 Å². The Bertz CT molecular complexity index is 1200. The summed E-state index contributed by atoms with van der Waals surface area (Å²) in [6, 6.07) is 11.5. The van der Waals surface area contributed by atoms with Crippen molar-refractivity contribution < 1.29 is 14.3 Å². The minimum absolute atomic E-state index is 0.0629. The van der Waals surface area contributed by atoms with Crippen molar-refractivity contribution in [3.8, 4) is 11.5 Å². The number of nitrogens with zero attached hydrogens (tertiary/aromatic N) is 1. The zero-order valence-corrected chi connectivity index (χ0v) is 16.8. The molecular weight excluding hydrogens is 382 g/mol. The zero-order valence-electron chi connectivity index (χ0n) is 16.8. The number of aryl methyl sites for hydroxylation is 1. The fourth-order valence-electron chi connectivity index (χ4n) is 4.09. The lowest BCUT2D eigenvalue weighted by atomic mass is 10.0. The first-order valence-corrected chi connectivity index (χ1v) is 10.1. The molecule has 2 aliphatic heterocycles. The number of benzene rings is 2. The summed E-state index contributed by atoms with van der Waals surface area (Å²) >= 11 is 0. The van der Waals surface area contributed by atoms with Gasteiger partial charge in [0.15, 0.2) is 16.9 Å². The van der Waals surface area contributed by atoms with E-state index >= 15 is 0 Å². The predicted octanol–water partition coefficient (Wildman–Crippen LogP) is 2.24. The normalized spacial score (nSPS) is 15.2. The van der Waals surface area contributed by atoms with Gasteiger partial charge in [0.2, 0.25) is 12.7 Å². The summed E-state index contributed by atoms with van der Waals surface area (Å²) in [5.74, 6) is 1.37. The maximum atomic E-state index is 13.0. The van der Waals surface area contributed by atoms with Crippen molar-refractivity contribution in [3.05, 3.63) is 69.0 Å². The molecular formula is C23H23N3O4.